The van der Waals surface area contributed by atoms with Crippen LogP contribution < -0.4 is 4.90 Å². The molecule has 0 unspecified atom stereocenters. The summed E-state index contributed by atoms with van der Waals surface area (Å²) in [4.78, 5) is 16.8. The van der Waals surface area contributed by atoms with Crippen LogP contribution in [0.2, 0.25) is 0 Å². The van der Waals surface area contributed by atoms with Gasteiger partial charge in [-0.25, -0.2) is 8.42 Å². The molecule has 0 radical (unpaired) electrons. The van der Waals surface area contributed by atoms with Crippen LogP contribution in [0.4, 0.5) is 5.69 Å². The van der Waals surface area contributed by atoms with Crippen LogP contribution in [0.5, 0.6) is 0 Å². The number of sulfone groups is 1. The van der Waals surface area contributed by atoms with Crippen molar-refractivity contribution in [2.75, 3.05) is 30.5 Å². The molecule has 0 aliphatic carbocycles. The van der Waals surface area contributed by atoms with Crippen LogP contribution in [-0.2, 0) is 9.84 Å². The molecule has 0 fully saturated rings. The van der Waals surface area contributed by atoms with Crippen molar-refractivity contribution < 1.29 is 13.2 Å². The molecule has 0 amide bonds. The third-order valence-corrected chi connectivity index (χ3v) is 3.27. The zero-order valence-electron chi connectivity index (χ0n) is 10.2. The topological polar surface area (TPSA) is 67.3 Å². The van der Waals surface area contributed by atoms with Gasteiger partial charge in [-0.1, -0.05) is 0 Å². The molecule has 5 nitrogen and oxygen atoms in total. The van der Waals surface area contributed by atoms with E-state index in [0.29, 0.717) is 12.2 Å². The molecule has 1 aromatic rings. The molecular formula is C11H16N2O3S. The first-order valence-electron chi connectivity index (χ1n) is 5.15. The van der Waals surface area contributed by atoms with Crippen LogP contribution in [-0.4, -0.2) is 44.8 Å². The molecule has 1 rings (SSSR count). The Hall–Kier alpha value is -1.43. The van der Waals surface area contributed by atoms with E-state index in [4.69, 9.17) is 0 Å². The third-order valence-electron chi connectivity index (χ3n) is 2.35. The van der Waals surface area contributed by atoms with Crippen molar-refractivity contribution in [1.29, 1.82) is 0 Å². The first kappa shape index (κ1) is 13.6. The molecule has 0 aliphatic heterocycles. The predicted octanol–water partition coefficient (Wildman–Crippen LogP) is 0.765. The molecule has 0 atom stereocenters. The lowest BCUT2D eigenvalue weighted by atomic mass is 10.2. The second-order valence-electron chi connectivity index (χ2n) is 4.01. The number of ketones is 1. The maximum Gasteiger partial charge on any atom is 0.178 e. The van der Waals surface area contributed by atoms with Gasteiger partial charge in [0.1, 0.15) is 15.5 Å². The molecule has 1 heterocycles. The van der Waals surface area contributed by atoms with Gasteiger partial charge in [0.2, 0.25) is 0 Å². The first-order chi connectivity index (χ1) is 7.79. The lowest BCUT2D eigenvalue weighted by Crippen LogP contribution is -2.25. The van der Waals surface area contributed by atoms with Gasteiger partial charge >= 0.3 is 0 Å². The zero-order valence-corrected chi connectivity index (χ0v) is 11.0. The second kappa shape index (κ2) is 5.27. The highest BCUT2D eigenvalue weighted by molar-refractivity contribution is 7.90. The standard InChI is InChI=1S/C11H16N2O3S/c1-9(14)11-5-4-10(8-12-11)13(2)6-7-17(3,15)16/h4-5,8H,6-7H2,1-3H3. The van der Waals surface area contributed by atoms with Gasteiger partial charge in [0.25, 0.3) is 0 Å². The van der Waals surface area contributed by atoms with Gasteiger partial charge < -0.3 is 4.90 Å². The zero-order chi connectivity index (χ0) is 13.1. The largest absolute Gasteiger partial charge is 0.372 e. The fourth-order valence-electron chi connectivity index (χ4n) is 1.25. The Kier molecular flexibility index (Phi) is 4.22. The van der Waals surface area contributed by atoms with E-state index < -0.39 is 9.84 Å². The smallest absolute Gasteiger partial charge is 0.178 e. The molecule has 94 valence electrons. The Morgan fingerprint density at radius 3 is 2.47 bits per heavy atom. The fourth-order valence-corrected chi connectivity index (χ4v) is 1.86. The summed E-state index contributed by atoms with van der Waals surface area (Å²) in [7, 11) is -1.18. The molecule has 0 bridgehead atoms. The molecular weight excluding hydrogens is 240 g/mol. The number of hydrogen-bond acceptors (Lipinski definition) is 5. The van der Waals surface area contributed by atoms with E-state index in [9.17, 15) is 13.2 Å². The van der Waals surface area contributed by atoms with Crippen molar-refractivity contribution in [3.63, 3.8) is 0 Å². The Balaban J connectivity index is 2.70. The normalized spacial score (nSPS) is 11.2. The number of rotatable bonds is 5. The van der Waals surface area contributed by atoms with Crippen molar-refractivity contribution in [3.8, 4) is 0 Å². The first-order valence-corrected chi connectivity index (χ1v) is 7.21. The van der Waals surface area contributed by atoms with Gasteiger partial charge in [-0.05, 0) is 12.1 Å². The van der Waals surface area contributed by atoms with E-state index >= 15 is 0 Å². The van der Waals surface area contributed by atoms with E-state index in [1.807, 2.05) is 0 Å². The minimum Gasteiger partial charge on any atom is -0.372 e. The highest BCUT2D eigenvalue weighted by atomic mass is 32.2. The minimum absolute atomic E-state index is 0.0876. The van der Waals surface area contributed by atoms with Gasteiger partial charge in [-0.2, -0.15) is 0 Å². The summed E-state index contributed by atoms with van der Waals surface area (Å²) in [6, 6.07) is 3.39. The van der Waals surface area contributed by atoms with Crippen LogP contribution in [0.15, 0.2) is 18.3 Å². The number of carbonyl (C=O) groups excluding carboxylic acids is 1. The van der Waals surface area contributed by atoms with Crippen molar-refractivity contribution in [2.45, 2.75) is 6.92 Å². The number of pyridine rings is 1. The Morgan fingerprint density at radius 2 is 2.06 bits per heavy atom. The van der Waals surface area contributed by atoms with E-state index in [-0.39, 0.29) is 11.5 Å². The Bertz CT molecular complexity index is 494. The lowest BCUT2D eigenvalue weighted by Gasteiger charge is -2.18. The number of hydrogen-bond donors (Lipinski definition) is 0. The van der Waals surface area contributed by atoms with Gasteiger partial charge in [0.05, 0.1) is 17.6 Å². The SMILES string of the molecule is CC(=O)c1ccc(N(C)CCS(C)(=O)=O)cn1. The van der Waals surface area contributed by atoms with E-state index in [1.165, 1.54) is 13.2 Å². The molecule has 0 aliphatic rings. The quantitative estimate of drug-likeness (QED) is 0.728. The average molecular weight is 256 g/mol. The molecule has 0 aromatic carbocycles. The monoisotopic (exact) mass is 256 g/mol. The molecule has 6 heteroatoms. The van der Waals surface area contributed by atoms with E-state index in [0.717, 1.165) is 5.69 Å². The van der Waals surface area contributed by atoms with Crippen molar-refractivity contribution >= 4 is 21.3 Å². The highest BCUT2D eigenvalue weighted by Gasteiger charge is 2.07. The van der Waals surface area contributed by atoms with Crippen LogP contribution in [0, 0.1) is 0 Å². The highest BCUT2D eigenvalue weighted by Crippen LogP contribution is 2.11. The van der Waals surface area contributed by atoms with Gasteiger partial charge in [-0.15, -0.1) is 0 Å². The number of carbonyl (C=O) groups is 1. The number of aromatic nitrogens is 1. The summed E-state index contributed by atoms with van der Waals surface area (Å²) in [5, 5.41) is 0. The summed E-state index contributed by atoms with van der Waals surface area (Å²) in [5.41, 5.74) is 1.20. The van der Waals surface area contributed by atoms with Crippen LogP contribution in [0.25, 0.3) is 0 Å². The van der Waals surface area contributed by atoms with Crippen LogP contribution in [0.1, 0.15) is 17.4 Å². The molecule has 0 N–H and O–H groups in total. The molecule has 0 spiro atoms. The van der Waals surface area contributed by atoms with Crippen LogP contribution >= 0.6 is 0 Å². The number of Topliss-reactive ketones (excluding diaryl/α,β-unsaturated/α-hetero) is 1. The summed E-state index contributed by atoms with van der Waals surface area (Å²) >= 11 is 0. The van der Waals surface area contributed by atoms with Gasteiger partial charge in [-0.3, -0.25) is 9.78 Å². The van der Waals surface area contributed by atoms with E-state index in [1.54, 1.807) is 30.3 Å². The van der Waals surface area contributed by atoms with Crippen molar-refractivity contribution in [1.82, 2.24) is 4.98 Å². The minimum atomic E-state index is -2.96. The molecule has 0 saturated carbocycles. The van der Waals surface area contributed by atoms with Crippen LogP contribution in [0.3, 0.4) is 0 Å². The maximum atomic E-state index is 11.0. The van der Waals surface area contributed by atoms with Gasteiger partial charge in [0, 0.05) is 26.8 Å². The van der Waals surface area contributed by atoms with E-state index in [2.05, 4.69) is 4.98 Å². The summed E-state index contributed by atoms with van der Waals surface area (Å²) < 4.78 is 22.0. The van der Waals surface area contributed by atoms with Gasteiger partial charge in [0.15, 0.2) is 5.78 Å². The average Bonchev–Trinajstić information content (AvgIpc) is 2.25. The molecule has 17 heavy (non-hydrogen) atoms. The van der Waals surface area contributed by atoms with Crippen molar-refractivity contribution in [3.05, 3.63) is 24.0 Å². The second-order valence-corrected chi connectivity index (χ2v) is 6.27. The summed E-state index contributed by atoms with van der Waals surface area (Å²) in [5.74, 6) is 0.00755. The van der Waals surface area contributed by atoms with Crippen molar-refractivity contribution in [2.24, 2.45) is 0 Å². The summed E-state index contributed by atoms with van der Waals surface area (Å²) in [6.07, 6.45) is 2.77. The number of nitrogens with zero attached hydrogens (tertiary/aromatic N) is 2. The molecule has 1 aromatic heterocycles. The Morgan fingerprint density at radius 1 is 1.41 bits per heavy atom. The lowest BCUT2D eigenvalue weighted by molar-refractivity contribution is 0.101. The third kappa shape index (κ3) is 4.52. The fraction of sp³-hybridized carbons (Fsp3) is 0.455. The number of anilines is 1. The Labute approximate surface area is 101 Å². The maximum absolute atomic E-state index is 11.0. The molecule has 0 saturated heterocycles. The predicted molar refractivity (Wildman–Crippen MR) is 67.2 cm³/mol. The summed E-state index contributed by atoms with van der Waals surface area (Å²) in [6.45, 7) is 1.86.